The van der Waals surface area contributed by atoms with Gasteiger partial charge in [-0.2, -0.15) is 0 Å². The van der Waals surface area contributed by atoms with Crippen molar-refractivity contribution in [1.82, 2.24) is 4.90 Å². The van der Waals surface area contributed by atoms with Gasteiger partial charge < -0.3 is 15.4 Å². The summed E-state index contributed by atoms with van der Waals surface area (Å²) in [6.07, 6.45) is -0.0696. The summed E-state index contributed by atoms with van der Waals surface area (Å²) in [5.74, 6) is 1.74. The largest absolute Gasteiger partial charge is 0.481 e. The van der Waals surface area contributed by atoms with Gasteiger partial charge in [0, 0.05) is 18.8 Å². The number of rotatable bonds is 3. The summed E-state index contributed by atoms with van der Waals surface area (Å²) in [7, 11) is 0. The number of fused-ring (bicyclic) bond motifs is 1. The van der Waals surface area contributed by atoms with Gasteiger partial charge in [0.15, 0.2) is 6.10 Å². The zero-order valence-electron chi connectivity index (χ0n) is 13.0. The Morgan fingerprint density at radius 3 is 2.68 bits per heavy atom. The number of anilines is 1. The van der Waals surface area contributed by atoms with Gasteiger partial charge in [-0.25, -0.2) is 4.99 Å². The van der Waals surface area contributed by atoms with Crippen LogP contribution in [0.15, 0.2) is 53.5 Å². The van der Waals surface area contributed by atoms with Crippen LogP contribution in [0.5, 0.6) is 5.75 Å². The molecule has 0 aliphatic carbocycles. The zero-order valence-corrected chi connectivity index (χ0v) is 13.0. The maximum absolute atomic E-state index is 5.99. The highest BCUT2D eigenvalue weighted by Gasteiger charge is 2.24. The van der Waals surface area contributed by atoms with Crippen molar-refractivity contribution < 1.29 is 4.74 Å². The van der Waals surface area contributed by atoms with Crippen LogP contribution in [-0.4, -0.2) is 23.4 Å². The molecule has 114 valence electrons. The van der Waals surface area contributed by atoms with Gasteiger partial charge in [0.2, 0.25) is 0 Å². The number of nitrogens with two attached hydrogens (primary N) is 1. The lowest BCUT2D eigenvalue weighted by atomic mass is 10.1. The van der Waals surface area contributed by atoms with Crippen molar-refractivity contribution in [2.24, 2.45) is 4.99 Å². The van der Waals surface area contributed by atoms with E-state index >= 15 is 0 Å². The summed E-state index contributed by atoms with van der Waals surface area (Å²) in [6.45, 7) is 5.86. The van der Waals surface area contributed by atoms with Crippen LogP contribution in [0.2, 0.25) is 0 Å². The summed E-state index contributed by atoms with van der Waals surface area (Å²) in [5, 5.41) is 0. The summed E-state index contributed by atoms with van der Waals surface area (Å²) < 4.78 is 5.99. The fourth-order valence-corrected chi connectivity index (χ4v) is 2.67. The van der Waals surface area contributed by atoms with Crippen molar-refractivity contribution in [2.45, 2.75) is 26.5 Å². The number of benzene rings is 2. The Morgan fingerprint density at radius 2 is 1.95 bits per heavy atom. The fourth-order valence-electron chi connectivity index (χ4n) is 2.67. The van der Waals surface area contributed by atoms with Gasteiger partial charge in [0.1, 0.15) is 17.3 Å². The molecule has 1 heterocycles. The molecule has 0 fully saturated rings. The lowest BCUT2D eigenvalue weighted by Crippen LogP contribution is -2.41. The van der Waals surface area contributed by atoms with Crippen molar-refractivity contribution in [3.05, 3.63) is 54.1 Å². The second-order valence-electron chi connectivity index (χ2n) is 5.46. The van der Waals surface area contributed by atoms with Crippen LogP contribution in [0.4, 0.5) is 11.4 Å². The molecule has 4 heteroatoms. The molecule has 2 N–H and O–H groups in total. The second-order valence-corrected chi connectivity index (χ2v) is 5.46. The number of amidine groups is 1. The van der Waals surface area contributed by atoms with Gasteiger partial charge in [-0.3, -0.25) is 0 Å². The maximum Gasteiger partial charge on any atom is 0.153 e. The van der Waals surface area contributed by atoms with Crippen molar-refractivity contribution in [1.29, 1.82) is 0 Å². The minimum absolute atomic E-state index is 0.0696. The van der Waals surface area contributed by atoms with E-state index in [4.69, 9.17) is 15.5 Å². The number of hydrogen-bond acceptors (Lipinski definition) is 4. The number of aliphatic imine (C=N–C) groups is 1. The molecule has 1 atom stereocenters. The fraction of sp³-hybridized carbons (Fsp3) is 0.278. The third-order valence-corrected chi connectivity index (χ3v) is 3.81. The van der Waals surface area contributed by atoms with E-state index in [2.05, 4.69) is 36.1 Å². The topological polar surface area (TPSA) is 50.8 Å². The lowest BCUT2D eigenvalue weighted by Gasteiger charge is -2.32. The van der Waals surface area contributed by atoms with E-state index < -0.39 is 0 Å². The number of hydrogen-bond donors (Lipinski definition) is 1. The molecule has 2 aromatic carbocycles. The van der Waals surface area contributed by atoms with Crippen molar-refractivity contribution in [2.75, 3.05) is 12.3 Å². The first-order valence-corrected chi connectivity index (χ1v) is 7.61. The van der Waals surface area contributed by atoms with E-state index in [1.54, 1.807) is 0 Å². The molecule has 0 amide bonds. The normalized spacial score (nSPS) is 16.5. The first-order valence-electron chi connectivity index (χ1n) is 7.61. The van der Waals surface area contributed by atoms with Crippen LogP contribution in [-0.2, 0) is 6.54 Å². The van der Waals surface area contributed by atoms with E-state index in [0.29, 0.717) is 5.69 Å². The van der Waals surface area contributed by atoms with Gasteiger partial charge in [-0.1, -0.05) is 30.3 Å². The van der Waals surface area contributed by atoms with Crippen LogP contribution in [0.3, 0.4) is 0 Å². The highest BCUT2D eigenvalue weighted by Crippen LogP contribution is 2.34. The van der Waals surface area contributed by atoms with Gasteiger partial charge in [-0.05, 0) is 37.6 Å². The SMILES string of the molecule is CCN(Cc1ccccc1)C1=Nc2cc(N)ccc2OC1C. The predicted molar refractivity (Wildman–Crippen MR) is 90.6 cm³/mol. The molecule has 2 aromatic rings. The van der Waals surface area contributed by atoms with E-state index in [0.717, 1.165) is 30.4 Å². The highest BCUT2D eigenvalue weighted by molar-refractivity contribution is 5.91. The minimum atomic E-state index is -0.0696. The summed E-state index contributed by atoms with van der Waals surface area (Å²) in [4.78, 5) is 7.03. The van der Waals surface area contributed by atoms with E-state index in [1.807, 2.05) is 31.2 Å². The Bertz CT molecular complexity index is 682. The quantitative estimate of drug-likeness (QED) is 0.880. The van der Waals surface area contributed by atoms with Crippen LogP contribution in [0, 0.1) is 0 Å². The molecule has 3 rings (SSSR count). The molecule has 0 saturated carbocycles. The van der Waals surface area contributed by atoms with Crippen molar-refractivity contribution in [3.8, 4) is 5.75 Å². The van der Waals surface area contributed by atoms with Gasteiger partial charge in [-0.15, -0.1) is 0 Å². The molecular formula is C18H21N3O. The number of ether oxygens (including phenoxy) is 1. The molecule has 0 radical (unpaired) electrons. The average molecular weight is 295 g/mol. The number of likely N-dealkylation sites (N-methyl/N-ethyl adjacent to an activating group) is 1. The van der Waals surface area contributed by atoms with Crippen LogP contribution < -0.4 is 10.5 Å². The Labute approximate surface area is 131 Å². The Kier molecular flexibility index (Phi) is 4.00. The third kappa shape index (κ3) is 2.91. The zero-order chi connectivity index (χ0) is 15.5. The van der Waals surface area contributed by atoms with Gasteiger partial charge in [0.25, 0.3) is 0 Å². The molecule has 22 heavy (non-hydrogen) atoms. The standard InChI is InChI=1S/C18H21N3O/c1-3-21(12-14-7-5-4-6-8-14)18-13(2)22-17-10-9-15(19)11-16(17)20-18/h4-11,13H,3,12,19H2,1-2H3. The van der Waals surface area contributed by atoms with E-state index in [-0.39, 0.29) is 6.10 Å². The number of nitrogen functional groups attached to an aromatic ring is 1. The molecule has 0 aromatic heterocycles. The van der Waals surface area contributed by atoms with Crippen LogP contribution in [0.25, 0.3) is 0 Å². The first kappa shape index (κ1) is 14.4. The molecule has 1 aliphatic heterocycles. The Morgan fingerprint density at radius 1 is 1.18 bits per heavy atom. The molecule has 1 unspecified atom stereocenters. The van der Waals surface area contributed by atoms with E-state index in [9.17, 15) is 0 Å². The maximum atomic E-state index is 5.99. The molecule has 1 aliphatic rings. The summed E-state index contributed by atoms with van der Waals surface area (Å²) in [6, 6.07) is 16.0. The molecule has 4 nitrogen and oxygen atoms in total. The van der Waals surface area contributed by atoms with Crippen LogP contribution >= 0.6 is 0 Å². The minimum Gasteiger partial charge on any atom is -0.481 e. The van der Waals surface area contributed by atoms with Crippen molar-refractivity contribution >= 4 is 17.2 Å². The van der Waals surface area contributed by atoms with Gasteiger partial charge >= 0.3 is 0 Å². The second kappa shape index (κ2) is 6.10. The van der Waals surface area contributed by atoms with Gasteiger partial charge in [0.05, 0.1) is 0 Å². The highest BCUT2D eigenvalue weighted by atomic mass is 16.5. The molecule has 0 bridgehead atoms. The molecular weight excluding hydrogens is 274 g/mol. The Hall–Kier alpha value is -2.49. The lowest BCUT2D eigenvalue weighted by molar-refractivity contribution is 0.253. The smallest absolute Gasteiger partial charge is 0.153 e. The third-order valence-electron chi connectivity index (χ3n) is 3.81. The molecule has 0 spiro atoms. The monoisotopic (exact) mass is 295 g/mol. The predicted octanol–water partition coefficient (Wildman–Crippen LogP) is 3.60. The van der Waals surface area contributed by atoms with E-state index in [1.165, 1.54) is 5.56 Å². The molecule has 0 saturated heterocycles. The first-order chi connectivity index (χ1) is 10.7. The number of nitrogens with zero attached hydrogens (tertiary/aromatic N) is 2. The summed E-state index contributed by atoms with van der Waals surface area (Å²) >= 11 is 0. The Balaban J connectivity index is 1.91. The summed E-state index contributed by atoms with van der Waals surface area (Å²) in [5.41, 5.74) is 8.62. The van der Waals surface area contributed by atoms with Crippen LogP contribution in [0.1, 0.15) is 19.4 Å². The average Bonchev–Trinajstić information content (AvgIpc) is 2.53. The van der Waals surface area contributed by atoms with Crippen molar-refractivity contribution in [3.63, 3.8) is 0 Å².